The van der Waals surface area contributed by atoms with Gasteiger partial charge in [-0.2, -0.15) is 0 Å². The molecule has 0 aliphatic rings. The van der Waals surface area contributed by atoms with E-state index in [1.54, 1.807) is 18.2 Å². The van der Waals surface area contributed by atoms with Crippen LogP contribution in [-0.4, -0.2) is 17.3 Å². The van der Waals surface area contributed by atoms with Crippen molar-refractivity contribution in [1.29, 1.82) is 0 Å². The third kappa shape index (κ3) is 4.34. The van der Waals surface area contributed by atoms with Crippen LogP contribution < -0.4 is 5.32 Å². The lowest BCUT2D eigenvalue weighted by atomic mass is 9.95. The Morgan fingerprint density at radius 1 is 1.28 bits per heavy atom. The summed E-state index contributed by atoms with van der Waals surface area (Å²) in [6.07, 6.45) is 1.52. The molecule has 0 aliphatic carbocycles. The van der Waals surface area contributed by atoms with Gasteiger partial charge in [-0.05, 0) is 38.0 Å². The van der Waals surface area contributed by atoms with Crippen molar-refractivity contribution in [2.45, 2.75) is 32.2 Å². The van der Waals surface area contributed by atoms with Crippen molar-refractivity contribution >= 4 is 40.7 Å². The van der Waals surface area contributed by atoms with Gasteiger partial charge in [-0.3, -0.25) is 4.79 Å². The van der Waals surface area contributed by atoms with Gasteiger partial charge >= 0.3 is 0 Å². The van der Waals surface area contributed by atoms with E-state index >= 15 is 0 Å². The Bertz CT molecular complexity index is 416. The fraction of sp³-hybridized carbons (Fsp3) is 0.462. The van der Waals surface area contributed by atoms with Gasteiger partial charge in [-0.25, -0.2) is 0 Å². The van der Waals surface area contributed by atoms with Crippen molar-refractivity contribution in [3.8, 4) is 0 Å². The molecule has 0 heterocycles. The van der Waals surface area contributed by atoms with E-state index in [0.29, 0.717) is 27.9 Å². The minimum Gasteiger partial charge on any atom is -0.347 e. The van der Waals surface area contributed by atoms with Gasteiger partial charge in [0.15, 0.2) is 0 Å². The SMILES string of the molecule is CCC(C)(CCCl)NC(=O)c1cc(Cl)cc(Cl)c1. The van der Waals surface area contributed by atoms with Crippen LogP contribution in [0.15, 0.2) is 18.2 Å². The van der Waals surface area contributed by atoms with Gasteiger partial charge in [0.1, 0.15) is 0 Å². The summed E-state index contributed by atoms with van der Waals surface area (Å²) in [7, 11) is 0. The molecule has 0 aliphatic heterocycles. The summed E-state index contributed by atoms with van der Waals surface area (Å²) in [6, 6.07) is 4.79. The lowest BCUT2D eigenvalue weighted by Crippen LogP contribution is -2.45. The average molecular weight is 309 g/mol. The molecule has 1 unspecified atom stereocenters. The zero-order valence-electron chi connectivity index (χ0n) is 10.4. The Labute approximate surface area is 123 Å². The molecule has 0 aromatic heterocycles. The van der Waals surface area contributed by atoms with Crippen LogP contribution in [0.25, 0.3) is 0 Å². The molecule has 0 spiro atoms. The molecule has 5 heteroatoms. The maximum Gasteiger partial charge on any atom is 0.251 e. The molecular formula is C13H16Cl3NO. The van der Waals surface area contributed by atoms with Crippen LogP contribution in [0.5, 0.6) is 0 Å². The molecule has 2 nitrogen and oxygen atoms in total. The van der Waals surface area contributed by atoms with Crippen molar-refractivity contribution in [2.75, 3.05) is 5.88 Å². The number of halogens is 3. The van der Waals surface area contributed by atoms with Crippen LogP contribution in [0.1, 0.15) is 37.0 Å². The Hall–Kier alpha value is -0.440. The first kappa shape index (κ1) is 15.6. The first-order chi connectivity index (χ1) is 8.40. The number of carbonyl (C=O) groups is 1. The Morgan fingerprint density at radius 3 is 2.28 bits per heavy atom. The lowest BCUT2D eigenvalue weighted by molar-refractivity contribution is 0.0901. The van der Waals surface area contributed by atoms with Crippen LogP contribution in [0, 0.1) is 0 Å². The second kappa shape index (κ2) is 6.65. The standard InChI is InChI=1S/C13H16Cl3NO/c1-3-13(2,4-5-14)17-12(18)9-6-10(15)8-11(16)7-9/h6-8H,3-5H2,1-2H3,(H,17,18). The zero-order chi connectivity index (χ0) is 13.8. The van der Waals surface area contributed by atoms with E-state index in [9.17, 15) is 4.79 Å². The highest BCUT2D eigenvalue weighted by atomic mass is 35.5. The summed E-state index contributed by atoms with van der Waals surface area (Å²) in [5.74, 6) is 0.315. The van der Waals surface area contributed by atoms with Gasteiger partial charge in [-0.15, -0.1) is 11.6 Å². The smallest absolute Gasteiger partial charge is 0.251 e. The summed E-state index contributed by atoms with van der Waals surface area (Å²) in [4.78, 5) is 12.1. The van der Waals surface area contributed by atoms with Crippen LogP contribution in [0.4, 0.5) is 0 Å². The number of hydrogen-bond acceptors (Lipinski definition) is 1. The van der Waals surface area contributed by atoms with Crippen molar-refractivity contribution < 1.29 is 4.79 Å². The Morgan fingerprint density at radius 2 is 1.83 bits per heavy atom. The van der Waals surface area contributed by atoms with E-state index in [1.807, 2.05) is 13.8 Å². The second-order valence-corrected chi connectivity index (χ2v) is 5.72. The molecule has 18 heavy (non-hydrogen) atoms. The average Bonchev–Trinajstić information content (AvgIpc) is 2.28. The van der Waals surface area contributed by atoms with Crippen LogP contribution in [-0.2, 0) is 0 Å². The van der Waals surface area contributed by atoms with E-state index in [2.05, 4.69) is 5.32 Å². The number of benzene rings is 1. The third-order valence-corrected chi connectivity index (χ3v) is 3.59. The molecule has 0 saturated heterocycles. The first-order valence-electron chi connectivity index (χ1n) is 5.75. The fourth-order valence-electron chi connectivity index (χ4n) is 1.57. The van der Waals surface area contributed by atoms with Crippen molar-refractivity contribution in [2.24, 2.45) is 0 Å². The molecule has 0 radical (unpaired) electrons. The van der Waals surface area contributed by atoms with Crippen molar-refractivity contribution in [1.82, 2.24) is 5.32 Å². The quantitative estimate of drug-likeness (QED) is 0.796. The van der Waals surface area contributed by atoms with E-state index in [4.69, 9.17) is 34.8 Å². The summed E-state index contributed by atoms with van der Waals surface area (Å²) in [6.45, 7) is 3.98. The van der Waals surface area contributed by atoms with Gasteiger partial charge in [0.25, 0.3) is 5.91 Å². The van der Waals surface area contributed by atoms with E-state index in [-0.39, 0.29) is 11.4 Å². The molecule has 1 aromatic rings. The number of rotatable bonds is 5. The molecule has 1 rings (SSSR count). The van der Waals surface area contributed by atoms with Crippen molar-refractivity contribution in [3.63, 3.8) is 0 Å². The molecule has 0 bridgehead atoms. The highest BCUT2D eigenvalue weighted by Crippen LogP contribution is 2.21. The lowest BCUT2D eigenvalue weighted by Gasteiger charge is -2.29. The van der Waals surface area contributed by atoms with Gasteiger partial charge < -0.3 is 5.32 Å². The maximum absolute atomic E-state index is 12.1. The summed E-state index contributed by atoms with van der Waals surface area (Å²) < 4.78 is 0. The minimum atomic E-state index is -0.312. The number of alkyl halides is 1. The van der Waals surface area contributed by atoms with Gasteiger partial charge in [0, 0.05) is 27.0 Å². The third-order valence-electron chi connectivity index (χ3n) is 2.97. The topological polar surface area (TPSA) is 29.1 Å². The normalized spacial score (nSPS) is 14.1. The first-order valence-corrected chi connectivity index (χ1v) is 7.04. The van der Waals surface area contributed by atoms with Gasteiger partial charge in [-0.1, -0.05) is 30.1 Å². The monoisotopic (exact) mass is 307 g/mol. The second-order valence-electron chi connectivity index (χ2n) is 4.47. The molecule has 1 amide bonds. The number of carbonyl (C=O) groups excluding carboxylic acids is 1. The summed E-state index contributed by atoms with van der Waals surface area (Å²) >= 11 is 17.5. The Balaban J connectivity index is 2.87. The molecule has 0 fully saturated rings. The van der Waals surface area contributed by atoms with Crippen LogP contribution in [0.3, 0.4) is 0 Å². The minimum absolute atomic E-state index is 0.186. The summed E-state index contributed by atoms with van der Waals surface area (Å²) in [5.41, 5.74) is 0.148. The van der Waals surface area contributed by atoms with Gasteiger partial charge in [0.2, 0.25) is 0 Å². The molecule has 0 saturated carbocycles. The highest BCUT2D eigenvalue weighted by molar-refractivity contribution is 6.35. The predicted molar refractivity (Wildman–Crippen MR) is 78.0 cm³/mol. The predicted octanol–water partition coefficient (Wildman–Crippen LogP) is 4.52. The zero-order valence-corrected chi connectivity index (χ0v) is 12.7. The number of amides is 1. The Kier molecular flexibility index (Phi) is 5.77. The maximum atomic E-state index is 12.1. The van der Waals surface area contributed by atoms with Gasteiger partial charge in [0.05, 0.1) is 0 Å². The summed E-state index contributed by atoms with van der Waals surface area (Å²) in [5, 5.41) is 3.87. The molecular weight excluding hydrogens is 293 g/mol. The largest absolute Gasteiger partial charge is 0.347 e. The number of hydrogen-bond donors (Lipinski definition) is 1. The van der Waals surface area contributed by atoms with E-state index in [1.165, 1.54) is 0 Å². The van der Waals surface area contributed by atoms with E-state index in [0.717, 1.165) is 6.42 Å². The molecule has 1 N–H and O–H groups in total. The van der Waals surface area contributed by atoms with Crippen LogP contribution in [0.2, 0.25) is 10.0 Å². The highest BCUT2D eigenvalue weighted by Gasteiger charge is 2.24. The van der Waals surface area contributed by atoms with Crippen LogP contribution >= 0.6 is 34.8 Å². The molecule has 1 atom stereocenters. The van der Waals surface area contributed by atoms with E-state index < -0.39 is 0 Å². The fourth-order valence-corrected chi connectivity index (χ4v) is 2.51. The van der Waals surface area contributed by atoms with Crippen molar-refractivity contribution in [3.05, 3.63) is 33.8 Å². The number of nitrogens with one attached hydrogen (secondary N) is 1. The molecule has 100 valence electrons. The molecule has 1 aromatic carbocycles.